The zero-order chi connectivity index (χ0) is 9.64. The van der Waals surface area contributed by atoms with Gasteiger partial charge in [-0.3, -0.25) is 0 Å². The van der Waals surface area contributed by atoms with Gasteiger partial charge in [-0.05, 0) is 0 Å². The van der Waals surface area contributed by atoms with Crippen LogP contribution in [-0.2, 0) is 33.1 Å². The Morgan fingerprint density at radius 1 is 1.20 bits per heavy atom. The van der Waals surface area contributed by atoms with Gasteiger partial charge in [-0.2, -0.15) is 0 Å². The third-order valence-electron chi connectivity index (χ3n) is 2.06. The molecule has 0 aliphatic heterocycles. The van der Waals surface area contributed by atoms with Gasteiger partial charge in [0.1, 0.15) is 0 Å². The van der Waals surface area contributed by atoms with Crippen LogP contribution in [0.3, 0.4) is 0 Å². The van der Waals surface area contributed by atoms with Gasteiger partial charge in [0.25, 0.3) is 0 Å². The van der Waals surface area contributed by atoms with Gasteiger partial charge < -0.3 is 0 Å². The zero-order valence-corrected chi connectivity index (χ0v) is 11.6. The van der Waals surface area contributed by atoms with Crippen LogP contribution in [0.5, 0.6) is 0 Å². The molecule has 0 aromatic heterocycles. The molecule has 1 aliphatic carbocycles. The quantitative estimate of drug-likeness (QED) is 0.827. The van der Waals surface area contributed by atoms with E-state index < -0.39 is 23.7 Å². The molecule has 0 amide bonds. The Balaban J connectivity index is 0.00000112. The van der Waals surface area contributed by atoms with E-state index in [1.54, 1.807) is 0 Å². The van der Waals surface area contributed by atoms with Gasteiger partial charge in [-0.25, -0.2) is 0 Å². The van der Waals surface area contributed by atoms with E-state index >= 15 is 0 Å². The zero-order valence-electron chi connectivity index (χ0n) is 8.35. The minimum atomic E-state index is -0.728. The molecule has 0 atom stereocenters. The number of hydrogen-bond acceptors (Lipinski definition) is 1. The van der Waals surface area contributed by atoms with Crippen LogP contribution in [-0.4, -0.2) is 0 Å². The summed E-state index contributed by atoms with van der Waals surface area (Å²) in [6.45, 7) is 0.782. The summed E-state index contributed by atoms with van der Waals surface area (Å²) < 4.78 is 7.30. The smallest absolute Gasteiger partial charge is 0.147 e. The minimum Gasteiger partial charge on any atom is -0.147 e. The van der Waals surface area contributed by atoms with E-state index in [0.29, 0.717) is 0 Å². The first-order chi connectivity index (χ1) is 6.95. The van der Waals surface area contributed by atoms with Gasteiger partial charge in [0, 0.05) is 0 Å². The maximum absolute atomic E-state index is 5.77. The topological polar surface area (TPSA) is 9.23 Å². The van der Waals surface area contributed by atoms with E-state index in [0.717, 1.165) is 13.0 Å². The van der Waals surface area contributed by atoms with Gasteiger partial charge in [0.2, 0.25) is 0 Å². The maximum atomic E-state index is 5.77. The predicted molar refractivity (Wildman–Crippen MR) is 60.3 cm³/mol. The van der Waals surface area contributed by atoms with Crippen molar-refractivity contribution in [3.05, 3.63) is 57.4 Å². The standard InChI is InChI=1S/C7H7O.C5H5.ClH.Zr/c8-6-7-4-2-1-3-5-7;1-2-4-5-3-1;;/h1-5H,6H2;1-3H,4H2;1H;/q-1;;;+1. The Kier molecular flexibility index (Phi) is 6.16. The molecule has 3 heteroatoms. The summed E-state index contributed by atoms with van der Waals surface area (Å²) in [7, 11) is 0. The summed E-state index contributed by atoms with van der Waals surface area (Å²) in [6, 6.07) is 10.4. The van der Waals surface area contributed by atoms with Gasteiger partial charge in [-0.1, -0.05) is 0 Å². The van der Waals surface area contributed by atoms with E-state index in [1.807, 2.05) is 6.07 Å². The molecule has 0 saturated heterocycles. The van der Waals surface area contributed by atoms with Crippen LogP contribution < -0.4 is 0 Å². The number of rotatable bonds is 4. The third-order valence-corrected chi connectivity index (χ3v) is 4.32. The van der Waals surface area contributed by atoms with Gasteiger partial charge in [0.05, 0.1) is 0 Å². The van der Waals surface area contributed by atoms with Crippen molar-refractivity contribution in [2.75, 3.05) is 0 Å². The maximum Gasteiger partial charge on any atom is -0.147 e. The molecular formula is C12H13ClOZr. The second-order valence-corrected chi connectivity index (χ2v) is 5.99. The molecule has 15 heavy (non-hydrogen) atoms. The minimum absolute atomic E-state index is 0. The first-order valence-electron chi connectivity index (χ1n) is 4.72. The Hall–Kier alpha value is -0.167. The SMILES string of the molecule is C1=CC[C]([Zr][O]Cc2ccccc2)=C1.Cl. The second kappa shape index (κ2) is 7.16. The normalized spacial score (nSPS) is 13.2. The van der Waals surface area contributed by atoms with E-state index in [-0.39, 0.29) is 12.4 Å². The van der Waals surface area contributed by atoms with E-state index in [2.05, 4.69) is 42.5 Å². The first kappa shape index (κ1) is 12.9. The van der Waals surface area contributed by atoms with Crippen molar-refractivity contribution < 1.29 is 26.5 Å². The number of halogens is 1. The molecule has 2 rings (SSSR count). The van der Waals surface area contributed by atoms with Crippen LogP contribution in [0, 0.1) is 0 Å². The summed E-state index contributed by atoms with van der Waals surface area (Å²) in [5.41, 5.74) is 1.28. The van der Waals surface area contributed by atoms with E-state index in [1.165, 1.54) is 8.84 Å². The molecule has 0 spiro atoms. The van der Waals surface area contributed by atoms with Crippen molar-refractivity contribution >= 4 is 12.4 Å². The Labute approximate surface area is 109 Å². The van der Waals surface area contributed by atoms with Crippen LogP contribution in [0.2, 0.25) is 0 Å². The molecule has 0 unspecified atom stereocenters. The number of benzene rings is 1. The monoisotopic (exact) mass is 298 g/mol. The molecule has 0 heterocycles. The molecule has 1 nitrogen and oxygen atoms in total. The average Bonchev–Trinajstić information content (AvgIpc) is 2.72. The molecule has 0 saturated carbocycles. The fourth-order valence-corrected chi connectivity index (χ4v) is 3.25. The summed E-state index contributed by atoms with van der Waals surface area (Å²) in [4.78, 5) is 0. The summed E-state index contributed by atoms with van der Waals surface area (Å²) >= 11 is -0.728. The molecule has 0 fully saturated rings. The van der Waals surface area contributed by atoms with Crippen molar-refractivity contribution in [1.82, 2.24) is 0 Å². The van der Waals surface area contributed by atoms with Gasteiger partial charge in [0.15, 0.2) is 0 Å². The summed E-state index contributed by atoms with van der Waals surface area (Å²) in [6.07, 6.45) is 7.65. The van der Waals surface area contributed by atoms with Crippen LogP contribution in [0.15, 0.2) is 51.8 Å². The van der Waals surface area contributed by atoms with Crippen molar-refractivity contribution in [1.29, 1.82) is 0 Å². The number of hydrogen-bond donors (Lipinski definition) is 0. The van der Waals surface area contributed by atoms with Crippen LogP contribution in [0.4, 0.5) is 0 Å². The van der Waals surface area contributed by atoms with Gasteiger partial charge in [-0.15, -0.1) is 12.4 Å². The van der Waals surface area contributed by atoms with Crippen molar-refractivity contribution in [2.24, 2.45) is 0 Å². The third kappa shape index (κ3) is 4.46. The van der Waals surface area contributed by atoms with Crippen molar-refractivity contribution in [2.45, 2.75) is 13.0 Å². The van der Waals surface area contributed by atoms with Gasteiger partial charge >= 0.3 is 96.9 Å². The average molecular weight is 300 g/mol. The molecule has 1 aliphatic rings. The summed E-state index contributed by atoms with van der Waals surface area (Å²) in [5, 5.41) is 0. The Bertz CT molecular complexity index is 346. The van der Waals surface area contributed by atoms with Crippen LogP contribution >= 0.6 is 12.4 Å². The molecule has 0 bridgehead atoms. The van der Waals surface area contributed by atoms with Crippen LogP contribution in [0.1, 0.15) is 12.0 Å². The van der Waals surface area contributed by atoms with Crippen molar-refractivity contribution in [3.8, 4) is 0 Å². The predicted octanol–water partition coefficient (Wildman–Crippen LogP) is 3.47. The van der Waals surface area contributed by atoms with E-state index in [4.69, 9.17) is 2.81 Å². The van der Waals surface area contributed by atoms with Crippen molar-refractivity contribution in [3.63, 3.8) is 0 Å². The fourth-order valence-electron chi connectivity index (χ4n) is 1.31. The van der Waals surface area contributed by atoms with E-state index in [9.17, 15) is 0 Å². The second-order valence-electron chi connectivity index (χ2n) is 3.20. The molecule has 1 aromatic rings. The Morgan fingerprint density at radius 2 is 2.00 bits per heavy atom. The number of allylic oxidation sites excluding steroid dienone is 4. The molecule has 78 valence electrons. The summed E-state index contributed by atoms with van der Waals surface area (Å²) in [5.74, 6) is 0. The molecule has 0 radical (unpaired) electrons. The largest absolute Gasteiger partial charge is 0.147 e. The fraction of sp³-hybridized carbons (Fsp3) is 0.167. The first-order valence-corrected chi connectivity index (χ1v) is 6.96. The molecular weight excluding hydrogens is 287 g/mol. The molecule has 1 aromatic carbocycles. The Morgan fingerprint density at radius 3 is 2.67 bits per heavy atom. The van der Waals surface area contributed by atoms with Crippen LogP contribution in [0.25, 0.3) is 0 Å². The molecule has 0 N–H and O–H groups in total.